The predicted molar refractivity (Wildman–Crippen MR) is 398 cm³/mol. The van der Waals surface area contributed by atoms with Crippen molar-refractivity contribution in [1.82, 2.24) is 84.1 Å². The number of anilines is 5. The summed E-state index contributed by atoms with van der Waals surface area (Å²) in [4.78, 5) is 128. The summed E-state index contributed by atoms with van der Waals surface area (Å²) in [6.07, 6.45) is -6.34. The number of H-pyrrole nitrogens is 1. The van der Waals surface area contributed by atoms with Gasteiger partial charge in [0, 0.05) is 122 Å². The molecule has 115 heavy (non-hydrogen) atoms. The second-order valence-electron chi connectivity index (χ2n) is 26.9. The van der Waals surface area contributed by atoms with Crippen LogP contribution in [0.15, 0.2) is 108 Å². The Morgan fingerprint density at radius 1 is 0.470 bits per heavy atom. The molecule has 8 aliphatic heterocycles. The van der Waals surface area contributed by atoms with E-state index in [0.29, 0.717) is 56.6 Å². The number of carbonyl (C=O) groups is 4. The van der Waals surface area contributed by atoms with Gasteiger partial charge in [0.05, 0.1) is 68.4 Å². The number of piperidine rings is 4. The van der Waals surface area contributed by atoms with Crippen LogP contribution in [0, 0.1) is 0 Å². The van der Waals surface area contributed by atoms with Crippen LogP contribution in [0.25, 0.3) is 0 Å². The highest BCUT2D eigenvalue weighted by atomic mass is 79.9. The SMILES string of the molecule is FC(F)(F)CN1CCC2(CC1)OCCO2.NC(=O)c1[nH]c(=O)c(Br)cc1Cl.Nc1ccncn1.O=C1NC2(CCN(CC(F)(F)F)CC2)n2c1c(Cl)cc(Br)c2=O.O=C1NC2(CCN(CC(F)(F)F)CC2)n2c1c(Cl)cc(Nc1ccncn1)c2=O.O=C1NC2(CCN(CC(F)(F)F)CC2)n2c1c(Cl)cc(Nc1ccncn1)c2=O. The van der Waals surface area contributed by atoms with Gasteiger partial charge in [0.2, 0.25) is 0 Å². The molecule has 7 aromatic heterocycles. The zero-order valence-electron chi connectivity index (χ0n) is 59.4. The number of nitrogens with two attached hydrogens (primary N) is 2. The molecular formula is C66H67Br2Cl4F12N21O10. The van der Waals surface area contributed by atoms with E-state index in [1.807, 2.05) is 0 Å². The summed E-state index contributed by atoms with van der Waals surface area (Å²) < 4.78 is 165. The van der Waals surface area contributed by atoms with Gasteiger partial charge in [-0.05, 0) is 74.3 Å². The smallest absolute Gasteiger partial charge is 0.384 e. The van der Waals surface area contributed by atoms with Crippen molar-refractivity contribution in [2.45, 2.75) is 98.8 Å². The van der Waals surface area contributed by atoms with Crippen molar-refractivity contribution in [3.05, 3.63) is 173 Å². The quantitative estimate of drug-likeness (QED) is 0.0625. The van der Waals surface area contributed by atoms with Gasteiger partial charge in [0.15, 0.2) is 5.79 Å². The number of fused-ring (bicyclic) bond motifs is 6. The number of alkyl halides is 12. The van der Waals surface area contributed by atoms with Crippen LogP contribution in [0.2, 0.25) is 20.1 Å². The summed E-state index contributed by atoms with van der Waals surface area (Å²) >= 11 is 30.2. The van der Waals surface area contributed by atoms with Crippen molar-refractivity contribution in [2.75, 3.05) is 108 Å². The molecule has 4 spiro atoms. The maximum atomic E-state index is 13.2. The van der Waals surface area contributed by atoms with Crippen molar-refractivity contribution in [1.29, 1.82) is 0 Å². The molecule has 7 aromatic rings. The number of pyridine rings is 4. The summed E-state index contributed by atoms with van der Waals surface area (Å²) in [5.74, 6) is -1.64. The fourth-order valence-corrected chi connectivity index (χ4v) is 15.9. The number of ether oxygens (including phenoxy) is 2. The number of nitrogen functional groups attached to an aromatic ring is 1. The van der Waals surface area contributed by atoms with Crippen molar-refractivity contribution in [3.8, 4) is 0 Å². The van der Waals surface area contributed by atoms with E-state index in [2.05, 4.69) is 93.3 Å². The maximum absolute atomic E-state index is 13.2. The molecule has 8 aliphatic rings. The number of carbonyl (C=O) groups excluding carboxylic acids is 4. The lowest BCUT2D eigenvalue weighted by Gasteiger charge is -2.40. The first-order valence-electron chi connectivity index (χ1n) is 34.3. The minimum Gasteiger partial charge on any atom is -0.384 e. The number of hydrogen-bond donors (Lipinski definition) is 8. The fraction of sp³-hybridized carbons (Fsp3) is 0.455. The van der Waals surface area contributed by atoms with E-state index < -0.39 is 120 Å². The van der Waals surface area contributed by atoms with Crippen molar-refractivity contribution < 1.29 is 81.3 Å². The normalized spacial score (nSPS) is 18.6. The topological polar surface area (TPSA) is 388 Å². The van der Waals surface area contributed by atoms with Gasteiger partial charge in [-0.2, -0.15) is 52.7 Å². The van der Waals surface area contributed by atoms with E-state index in [1.54, 1.807) is 24.4 Å². The molecule has 0 saturated carbocycles. The zero-order chi connectivity index (χ0) is 84.0. The van der Waals surface area contributed by atoms with Crippen LogP contribution in [0.3, 0.4) is 0 Å². The summed E-state index contributed by atoms with van der Waals surface area (Å²) in [5, 5.41) is 14.4. The van der Waals surface area contributed by atoms with Crippen LogP contribution < -0.4 is 60.3 Å². The third-order valence-corrected chi connectivity index (χ3v) is 21.3. The molecule has 5 fully saturated rings. The molecule has 0 atom stereocenters. The Hall–Kier alpha value is -8.64. The van der Waals surface area contributed by atoms with Gasteiger partial charge in [-0.15, -0.1) is 0 Å². The number of primary amides is 1. The number of nitrogens with one attached hydrogen (secondary N) is 6. The van der Waals surface area contributed by atoms with Gasteiger partial charge in [0.1, 0.15) is 87.6 Å². The second kappa shape index (κ2) is 36.1. The summed E-state index contributed by atoms with van der Waals surface area (Å²) in [7, 11) is 0. The molecule has 15 heterocycles. The lowest BCUT2D eigenvalue weighted by molar-refractivity contribution is -0.200. The van der Waals surface area contributed by atoms with E-state index >= 15 is 0 Å². The Kier molecular flexibility index (Phi) is 27.8. The lowest BCUT2D eigenvalue weighted by atomic mass is 9.97. The minimum atomic E-state index is -4.31. The summed E-state index contributed by atoms with van der Waals surface area (Å²) in [6.45, 7) is -1.46. The largest absolute Gasteiger partial charge is 0.401 e. The van der Waals surface area contributed by atoms with Gasteiger partial charge >= 0.3 is 24.7 Å². The number of aromatic nitrogens is 10. The minimum absolute atomic E-state index is 0.00850. The van der Waals surface area contributed by atoms with E-state index in [0.717, 1.165) is 0 Å². The van der Waals surface area contributed by atoms with Crippen LogP contribution in [0.4, 0.5) is 81.5 Å². The first-order chi connectivity index (χ1) is 53.9. The average Bonchev–Trinajstić information content (AvgIpc) is 1.59. The molecule has 0 aromatic carbocycles. The first kappa shape index (κ1) is 88.7. The molecule has 4 amide bonds. The predicted octanol–water partition coefficient (Wildman–Crippen LogP) is 8.83. The fourth-order valence-electron chi connectivity index (χ4n) is 13.8. The Balaban J connectivity index is 0.000000153. The number of nitrogens with zero attached hydrogens (tertiary/aromatic N) is 13. The molecule has 0 radical (unpaired) electrons. The van der Waals surface area contributed by atoms with Gasteiger partial charge in [-0.25, -0.2) is 29.9 Å². The van der Waals surface area contributed by atoms with Crippen LogP contribution in [-0.2, 0) is 26.5 Å². The number of aromatic amines is 1. The monoisotopic (exact) mass is 1840 g/mol. The molecule has 31 nitrogen and oxygen atoms in total. The Labute approximate surface area is 678 Å². The molecule has 0 bridgehead atoms. The van der Waals surface area contributed by atoms with Crippen LogP contribution in [0.5, 0.6) is 0 Å². The van der Waals surface area contributed by atoms with Gasteiger partial charge in [-0.1, -0.05) is 46.4 Å². The van der Waals surface area contributed by atoms with Crippen LogP contribution >= 0.6 is 78.3 Å². The third-order valence-electron chi connectivity index (χ3n) is 19.0. The van der Waals surface area contributed by atoms with Crippen molar-refractivity contribution in [3.63, 3.8) is 0 Å². The number of halogens is 18. The molecular weight excluding hydrogens is 1780 g/mol. The van der Waals surface area contributed by atoms with Gasteiger partial charge in [0.25, 0.3) is 45.9 Å². The van der Waals surface area contributed by atoms with Crippen molar-refractivity contribution in [2.24, 2.45) is 5.73 Å². The van der Waals surface area contributed by atoms with Crippen LogP contribution in [0.1, 0.15) is 93.3 Å². The zero-order valence-corrected chi connectivity index (χ0v) is 65.6. The van der Waals surface area contributed by atoms with E-state index in [9.17, 15) is 91.0 Å². The second-order valence-corrected chi connectivity index (χ2v) is 30.2. The molecule has 622 valence electrons. The number of amides is 4. The lowest BCUT2D eigenvalue weighted by Crippen LogP contribution is -2.55. The van der Waals surface area contributed by atoms with Gasteiger partial charge in [-0.3, -0.25) is 71.7 Å². The van der Waals surface area contributed by atoms with Gasteiger partial charge < -0.3 is 52.5 Å². The number of likely N-dealkylation sites (tertiary alicyclic amines) is 4. The highest BCUT2D eigenvalue weighted by Gasteiger charge is 2.52. The third kappa shape index (κ3) is 22.2. The molecule has 0 aliphatic carbocycles. The van der Waals surface area contributed by atoms with E-state index in [1.165, 1.54) is 88.9 Å². The molecule has 5 saturated heterocycles. The van der Waals surface area contributed by atoms with Crippen LogP contribution in [-0.4, -0.2) is 214 Å². The Morgan fingerprint density at radius 3 is 1.10 bits per heavy atom. The van der Waals surface area contributed by atoms with Crippen molar-refractivity contribution >= 4 is 131 Å². The molecule has 49 heteroatoms. The standard InChI is InChI=1S/2C17H16ClF3N6O2.C13H12BrClF3N3O2.C9H14F3NO2.C6H4BrClN2O2.C4H5N3/c2*18-10-7-11(24-12-1-4-22-9-23-12)15(29)27-13(10)14(28)25-16(27)2-5-26(6-3-16)8-17(19,20)21;14-7-5-8(15)9-10(22)19-12(21(9)11(7)23)1-3-20(4-2-12)6-13(16,17)18;10-9(11,12)7-13-3-1-8(2-4-13)14-5-6-15-8;7-2-1-3(8)4(5(9)11)10-6(2)12;5-4-1-2-6-3-7-4/h2*1,4,7,9H,2-3,5-6,8H2,(H,25,28)(H,22,23,24);5H,1-4,6H2,(H,19,22);1-7H2;1H,(H2,9,11)(H,10,12);1-3H,(H2,5,6,7). The molecule has 10 N–H and O–H groups in total. The van der Waals surface area contributed by atoms with E-state index in [-0.39, 0.29) is 141 Å². The highest BCUT2D eigenvalue weighted by molar-refractivity contribution is 9.10. The van der Waals surface area contributed by atoms with E-state index in [4.69, 9.17) is 67.3 Å². The Morgan fingerprint density at radius 2 is 0.791 bits per heavy atom. The average molecular weight is 1840 g/mol. The number of rotatable bonds is 9. The maximum Gasteiger partial charge on any atom is 0.401 e. The molecule has 15 rings (SSSR count). The highest BCUT2D eigenvalue weighted by Crippen LogP contribution is 2.41. The summed E-state index contributed by atoms with van der Waals surface area (Å²) in [6, 6.07) is 10.1. The Bertz CT molecular complexity index is 4780. The molecule has 0 unspecified atom stereocenters. The number of hydrogen-bond acceptors (Lipinski definition) is 23. The first-order valence-corrected chi connectivity index (χ1v) is 37.4. The summed E-state index contributed by atoms with van der Waals surface area (Å²) in [5.41, 5.74) is 5.22.